The lowest BCUT2D eigenvalue weighted by atomic mass is 9.95. The van der Waals surface area contributed by atoms with Crippen LogP contribution in [-0.2, 0) is 14.4 Å². The summed E-state index contributed by atoms with van der Waals surface area (Å²) >= 11 is 0. The maximum atomic E-state index is 12.1. The van der Waals surface area contributed by atoms with Crippen LogP contribution in [0.5, 0.6) is 0 Å². The molecule has 0 radical (unpaired) electrons. The third-order valence-electron chi connectivity index (χ3n) is 4.38. The number of nitrogens with one attached hydrogen (secondary N) is 1. The Morgan fingerprint density at radius 1 is 0.893 bits per heavy atom. The molecule has 4 nitrogen and oxygen atoms in total. The molecule has 0 rings (SSSR count). The van der Waals surface area contributed by atoms with Crippen molar-refractivity contribution in [3.63, 3.8) is 0 Å². The first-order chi connectivity index (χ1) is 13.7. The highest BCUT2D eigenvalue weighted by Gasteiger charge is 2.18. The Balaban J connectivity index is 3.78. The molecule has 0 aromatic carbocycles. The van der Waals surface area contributed by atoms with Crippen molar-refractivity contribution in [1.29, 1.82) is 0 Å². The average Bonchev–Trinajstić information content (AvgIpc) is 2.71. The average molecular weight is 390 g/mol. The van der Waals surface area contributed by atoms with Crippen LogP contribution in [0.3, 0.4) is 0 Å². The number of amides is 1. The van der Waals surface area contributed by atoms with Crippen LogP contribution in [0.25, 0.3) is 0 Å². The highest BCUT2D eigenvalue weighted by atomic mass is 16.7. The van der Waals surface area contributed by atoms with Gasteiger partial charge in [0.25, 0.3) is 5.91 Å². The van der Waals surface area contributed by atoms with Gasteiger partial charge in [0.05, 0.1) is 0 Å². The first-order valence-electron chi connectivity index (χ1n) is 10.7. The van der Waals surface area contributed by atoms with Crippen LogP contribution in [0.15, 0.2) is 49.1 Å². The molecule has 1 N–H and O–H groups in total. The highest BCUT2D eigenvalue weighted by molar-refractivity contribution is 5.84. The van der Waals surface area contributed by atoms with E-state index in [1.54, 1.807) is 0 Å². The van der Waals surface area contributed by atoms with Gasteiger partial charge in [-0.3, -0.25) is 4.79 Å². The van der Waals surface area contributed by atoms with Gasteiger partial charge in [-0.1, -0.05) is 82.6 Å². The molecule has 1 amide bonds. The Bertz CT molecular complexity index is 506. The Hall–Kier alpha value is -2.10. The molecule has 0 saturated carbocycles. The van der Waals surface area contributed by atoms with Gasteiger partial charge in [-0.15, -0.1) is 0 Å². The standard InChI is InChI=1S/C24H39NO3/c1-4-7-8-9-10-11-12-13-14-15-16-17-18-19-21-22(20-5-2)24(27)25-28-23(26)6-3/h6-8,10-11,13-14,22H,3-5,9,12,15-21H2,1-2H3,(H,25,27)/b8-7-,11-10-,14-13-. The van der Waals surface area contributed by atoms with E-state index in [0.717, 1.165) is 63.9 Å². The SMILES string of the molecule is C=CC(=O)ONC(=O)C(CCC)CCCCCC/C=C\C/C=C\C/C=C\CC. The normalized spacial score (nSPS) is 12.6. The molecular weight excluding hydrogens is 350 g/mol. The third kappa shape index (κ3) is 16.1. The molecule has 0 spiro atoms. The van der Waals surface area contributed by atoms with Crippen molar-refractivity contribution in [2.45, 2.75) is 84.5 Å². The summed E-state index contributed by atoms with van der Waals surface area (Å²) in [5.74, 6) is -0.944. The van der Waals surface area contributed by atoms with Gasteiger partial charge >= 0.3 is 5.97 Å². The second kappa shape index (κ2) is 19.7. The van der Waals surface area contributed by atoms with E-state index in [4.69, 9.17) is 0 Å². The van der Waals surface area contributed by atoms with Gasteiger partial charge in [-0.25, -0.2) is 4.79 Å². The molecule has 0 aliphatic carbocycles. The van der Waals surface area contributed by atoms with Crippen LogP contribution in [0, 0.1) is 5.92 Å². The second-order valence-electron chi connectivity index (χ2n) is 6.86. The van der Waals surface area contributed by atoms with Crippen molar-refractivity contribution >= 4 is 11.9 Å². The fourth-order valence-corrected chi connectivity index (χ4v) is 2.81. The number of rotatable bonds is 16. The monoisotopic (exact) mass is 389 g/mol. The van der Waals surface area contributed by atoms with E-state index in [9.17, 15) is 9.59 Å². The number of hydrogen-bond donors (Lipinski definition) is 1. The van der Waals surface area contributed by atoms with Crippen LogP contribution in [0.2, 0.25) is 0 Å². The molecule has 0 aliphatic rings. The molecule has 0 bridgehead atoms. The number of carbonyl (C=O) groups is 2. The van der Waals surface area contributed by atoms with Gasteiger partial charge in [0, 0.05) is 12.0 Å². The third-order valence-corrected chi connectivity index (χ3v) is 4.38. The maximum absolute atomic E-state index is 12.1. The molecule has 1 unspecified atom stereocenters. The fraction of sp³-hybridized carbons (Fsp3) is 0.583. The summed E-state index contributed by atoms with van der Waals surface area (Å²) in [6.07, 6.45) is 25.6. The van der Waals surface area contributed by atoms with E-state index in [1.165, 1.54) is 12.8 Å². The van der Waals surface area contributed by atoms with Gasteiger partial charge in [-0.2, -0.15) is 5.48 Å². The van der Waals surface area contributed by atoms with E-state index in [1.807, 2.05) is 0 Å². The number of hydrogen-bond acceptors (Lipinski definition) is 3. The predicted octanol–water partition coefficient (Wildman–Crippen LogP) is 6.36. The molecule has 28 heavy (non-hydrogen) atoms. The zero-order valence-electron chi connectivity index (χ0n) is 17.8. The molecule has 4 heteroatoms. The zero-order chi connectivity index (χ0) is 20.9. The van der Waals surface area contributed by atoms with Crippen molar-refractivity contribution in [2.24, 2.45) is 5.92 Å². The van der Waals surface area contributed by atoms with Crippen LogP contribution in [0.4, 0.5) is 0 Å². The quantitative estimate of drug-likeness (QED) is 0.145. The smallest absolute Gasteiger partial charge is 0.336 e. The Morgan fingerprint density at radius 3 is 2.18 bits per heavy atom. The molecule has 0 heterocycles. The molecule has 0 saturated heterocycles. The number of unbranched alkanes of at least 4 members (excludes halogenated alkanes) is 4. The number of carbonyl (C=O) groups excluding carboxylic acids is 2. The first kappa shape index (κ1) is 25.9. The maximum Gasteiger partial charge on any atom is 0.355 e. The summed E-state index contributed by atoms with van der Waals surface area (Å²) < 4.78 is 0. The van der Waals surface area contributed by atoms with Gasteiger partial charge in [-0.05, 0) is 44.9 Å². The predicted molar refractivity (Wildman–Crippen MR) is 117 cm³/mol. The Labute approximate surface area is 171 Å². The van der Waals surface area contributed by atoms with Crippen LogP contribution < -0.4 is 5.48 Å². The Kier molecular flexibility index (Phi) is 18.2. The minimum absolute atomic E-state index is 0.0959. The fourth-order valence-electron chi connectivity index (χ4n) is 2.81. The van der Waals surface area contributed by atoms with E-state index < -0.39 is 5.97 Å². The van der Waals surface area contributed by atoms with Crippen molar-refractivity contribution in [3.8, 4) is 0 Å². The van der Waals surface area contributed by atoms with Crippen LogP contribution >= 0.6 is 0 Å². The van der Waals surface area contributed by atoms with E-state index >= 15 is 0 Å². The molecule has 1 atom stereocenters. The lowest BCUT2D eigenvalue weighted by molar-refractivity contribution is -0.155. The summed E-state index contributed by atoms with van der Waals surface area (Å²) in [5, 5.41) is 0. The molecule has 158 valence electrons. The summed E-state index contributed by atoms with van der Waals surface area (Å²) in [6.45, 7) is 7.50. The lowest BCUT2D eigenvalue weighted by Gasteiger charge is -2.15. The molecule has 0 aliphatic heterocycles. The summed E-state index contributed by atoms with van der Waals surface area (Å²) in [5.41, 5.74) is 2.24. The largest absolute Gasteiger partial charge is 0.355 e. The minimum atomic E-state index is -0.638. The molecule has 0 fully saturated rings. The van der Waals surface area contributed by atoms with Gasteiger partial charge < -0.3 is 4.84 Å². The topological polar surface area (TPSA) is 55.4 Å². The van der Waals surface area contributed by atoms with Crippen LogP contribution in [-0.4, -0.2) is 11.9 Å². The molecule has 0 aromatic rings. The first-order valence-corrected chi connectivity index (χ1v) is 10.7. The number of allylic oxidation sites excluding steroid dienone is 6. The van der Waals surface area contributed by atoms with Crippen LogP contribution in [0.1, 0.15) is 84.5 Å². The van der Waals surface area contributed by atoms with Gasteiger partial charge in [0.1, 0.15) is 0 Å². The highest BCUT2D eigenvalue weighted by Crippen LogP contribution is 2.17. The summed E-state index contributed by atoms with van der Waals surface area (Å²) in [7, 11) is 0. The lowest BCUT2D eigenvalue weighted by Crippen LogP contribution is -2.32. The van der Waals surface area contributed by atoms with Crippen molar-refractivity contribution in [2.75, 3.05) is 0 Å². The van der Waals surface area contributed by atoms with Crippen molar-refractivity contribution in [1.82, 2.24) is 5.48 Å². The minimum Gasteiger partial charge on any atom is -0.336 e. The summed E-state index contributed by atoms with van der Waals surface area (Å²) in [4.78, 5) is 27.7. The van der Waals surface area contributed by atoms with E-state index in [0.29, 0.717) is 0 Å². The summed E-state index contributed by atoms with van der Waals surface area (Å²) in [6, 6.07) is 0. The molecule has 0 aromatic heterocycles. The second-order valence-corrected chi connectivity index (χ2v) is 6.86. The number of hydroxylamine groups is 1. The van der Waals surface area contributed by atoms with Crippen molar-refractivity contribution in [3.05, 3.63) is 49.1 Å². The zero-order valence-corrected chi connectivity index (χ0v) is 17.8. The van der Waals surface area contributed by atoms with Crippen molar-refractivity contribution < 1.29 is 14.4 Å². The Morgan fingerprint density at radius 2 is 1.54 bits per heavy atom. The molecular formula is C24H39NO3. The van der Waals surface area contributed by atoms with E-state index in [-0.39, 0.29) is 11.8 Å². The van der Waals surface area contributed by atoms with Gasteiger partial charge in [0.2, 0.25) is 0 Å². The van der Waals surface area contributed by atoms with E-state index in [2.05, 4.69) is 67.2 Å². The van der Waals surface area contributed by atoms with Gasteiger partial charge in [0.15, 0.2) is 0 Å².